The van der Waals surface area contributed by atoms with Crippen molar-refractivity contribution in [3.63, 3.8) is 0 Å². The first-order valence-corrected chi connectivity index (χ1v) is 10.1. The fourth-order valence-corrected chi connectivity index (χ4v) is 3.89. The number of aliphatic imine (C=N–C) groups is 1. The highest BCUT2D eigenvalue weighted by atomic mass is 32.2. The minimum atomic E-state index is -0.624. The van der Waals surface area contributed by atoms with Crippen LogP contribution in [0.3, 0.4) is 0 Å². The largest absolute Gasteiger partial charge is 0.462 e. The van der Waals surface area contributed by atoms with Gasteiger partial charge in [-0.1, -0.05) is 17.8 Å². The van der Waals surface area contributed by atoms with Gasteiger partial charge in [-0.2, -0.15) is 0 Å². The Hall–Kier alpha value is -3.20. The molecule has 9 heteroatoms. The van der Waals surface area contributed by atoms with E-state index in [4.69, 9.17) is 4.74 Å². The van der Waals surface area contributed by atoms with E-state index in [0.29, 0.717) is 22.1 Å². The highest BCUT2D eigenvalue weighted by Crippen LogP contribution is 2.31. The van der Waals surface area contributed by atoms with Crippen LogP contribution in [0.1, 0.15) is 23.7 Å². The van der Waals surface area contributed by atoms with Crippen LogP contribution in [0.4, 0.5) is 15.8 Å². The van der Waals surface area contributed by atoms with E-state index in [2.05, 4.69) is 10.3 Å². The fraction of sp³-hybridized carbons (Fsp3) is 0.238. The standard InChI is InChI=1S/C21H20FN3O4S/c1-3-29-20(28)13-7-9-15(10-8-13)23-18(26)12-17-19(27)25(2)21(30-17)24-16-6-4-5-14(22)11-16/h4-11,17H,3,12H2,1-2H3,(H,23,26)/t17-/m1/s1. The fourth-order valence-electron chi connectivity index (χ4n) is 2.74. The zero-order valence-electron chi connectivity index (χ0n) is 16.4. The summed E-state index contributed by atoms with van der Waals surface area (Å²) < 4.78 is 18.3. The highest BCUT2D eigenvalue weighted by Gasteiger charge is 2.37. The molecule has 3 rings (SSSR count). The van der Waals surface area contributed by atoms with Crippen LogP contribution in [-0.2, 0) is 14.3 Å². The summed E-state index contributed by atoms with van der Waals surface area (Å²) in [7, 11) is 1.57. The summed E-state index contributed by atoms with van der Waals surface area (Å²) in [6.07, 6.45) is -0.0460. The Labute approximate surface area is 177 Å². The summed E-state index contributed by atoms with van der Waals surface area (Å²) in [4.78, 5) is 42.2. The Morgan fingerprint density at radius 1 is 1.23 bits per heavy atom. The predicted molar refractivity (Wildman–Crippen MR) is 113 cm³/mol. The van der Waals surface area contributed by atoms with Crippen molar-refractivity contribution < 1.29 is 23.5 Å². The van der Waals surface area contributed by atoms with Crippen LogP contribution in [0.2, 0.25) is 0 Å². The van der Waals surface area contributed by atoms with Crippen LogP contribution in [0.25, 0.3) is 0 Å². The number of amides is 2. The molecule has 0 radical (unpaired) electrons. The zero-order chi connectivity index (χ0) is 21.7. The Balaban J connectivity index is 1.61. The molecule has 7 nitrogen and oxygen atoms in total. The second-order valence-corrected chi connectivity index (χ2v) is 7.60. The molecule has 0 aromatic heterocycles. The molecule has 1 aliphatic rings. The van der Waals surface area contributed by atoms with Gasteiger partial charge in [0, 0.05) is 19.2 Å². The number of anilines is 1. The third-order valence-corrected chi connectivity index (χ3v) is 5.45. The number of carbonyl (C=O) groups excluding carboxylic acids is 3. The number of nitrogens with one attached hydrogen (secondary N) is 1. The summed E-state index contributed by atoms with van der Waals surface area (Å²) in [6.45, 7) is 2.00. The lowest BCUT2D eigenvalue weighted by atomic mass is 10.2. The summed E-state index contributed by atoms with van der Waals surface area (Å²) in [5.41, 5.74) is 1.28. The molecule has 0 unspecified atom stereocenters. The second-order valence-electron chi connectivity index (χ2n) is 6.43. The third kappa shape index (κ3) is 5.24. The predicted octanol–water partition coefficient (Wildman–Crippen LogP) is 3.59. The van der Waals surface area contributed by atoms with Gasteiger partial charge in [-0.15, -0.1) is 0 Å². The zero-order valence-corrected chi connectivity index (χ0v) is 17.2. The molecule has 0 bridgehead atoms. The highest BCUT2D eigenvalue weighted by molar-refractivity contribution is 8.15. The Bertz CT molecular complexity index is 994. The number of ether oxygens (including phenoxy) is 1. The Kier molecular flexibility index (Phi) is 6.83. The summed E-state index contributed by atoms with van der Waals surface area (Å²) in [6, 6.07) is 12.1. The lowest BCUT2D eigenvalue weighted by molar-refractivity contribution is -0.127. The van der Waals surface area contributed by atoms with Crippen LogP contribution in [0, 0.1) is 5.82 Å². The number of thioether (sulfide) groups is 1. The number of hydrogen-bond acceptors (Lipinski definition) is 6. The van der Waals surface area contributed by atoms with Gasteiger partial charge in [0.2, 0.25) is 11.8 Å². The minimum Gasteiger partial charge on any atom is -0.462 e. The van der Waals surface area contributed by atoms with Crippen molar-refractivity contribution in [3.8, 4) is 0 Å². The van der Waals surface area contributed by atoms with E-state index < -0.39 is 17.0 Å². The maximum atomic E-state index is 13.3. The average Bonchev–Trinajstić information content (AvgIpc) is 2.96. The van der Waals surface area contributed by atoms with Crippen molar-refractivity contribution in [2.45, 2.75) is 18.6 Å². The number of benzene rings is 2. The first-order chi connectivity index (χ1) is 14.4. The summed E-state index contributed by atoms with van der Waals surface area (Å²) in [5, 5.41) is 2.49. The molecule has 1 atom stereocenters. The lowest BCUT2D eigenvalue weighted by Gasteiger charge is -2.09. The van der Waals surface area contributed by atoms with Crippen molar-refractivity contribution in [2.24, 2.45) is 4.99 Å². The molecule has 1 heterocycles. The monoisotopic (exact) mass is 429 g/mol. The van der Waals surface area contributed by atoms with Gasteiger partial charge >= 0.3 is 5.97 Å². The van der Waals surface area contributed by atoms with Crippen molar-refractivity contribution in [3.05, 3.63) is 59.9 Å². The molecule has 0 saturated carbocycles. The molecule has 0 spiro atoms. The third-order valence-electron chi connectivity index (χ3n) is 4.22. The van der Waals surface area contributed by atoms with E-state index in [-0.39, 0.29) is 24.8 Å². The normalized spacial score (nSPS) is 17.3. The molecule has 1 saturated heterocycles. The molecule has 1 aliphatic heterocycles. The maximum Gasteiger partial charge on any atom is 0.338 e. The lowest BCUT2D eigenvalue weighted by Crippen LogP contribution is -2.30. The van der Waals surface area contributed by atoms with E-state index in [0.717, 1.165) is 11.8 Å². The molecule has 156 valence electrons. The van der Waals surface area contributed by atoms with Crippen molar-refractivity contribution >= 4 is 46.1 Å². The summed E-state index contributed by atoms with van der Waals surface area (Å²) in [5.74, 6) is -1.44. The number of amidine groups is 1. The van der Waals surface area contributed by atoms with Gasteiger partial charge in [0.15, 0.2) is 5.17 Å². The Morgan fingerprint density at radius 2 is 1.97 bits per heavy atom. The van der Waals surface area contributed by atoms with Crippen molar-refractivity contribution in [1.82, 2.24) is 4.90 Å². The summed E-state index contributed by atoms with van der Waals surface area (Å²) >= 11 is 1.16. The maximum absolute atomic E-state index is 13.3. The quantitative estimate of drug-likeness (QED) is 0.709. The van der Waals surface area contributed by atoms with Crippen molar-refractivity contribution in [2.75, 3.05) is 19.0 Å². The molecule has 0 aliphatic carbocycles. The molecule has 1 fully saturated rings. The van der Waals surface area contributed by atoms with Crippen LogP contribution < -0.4 is 5.32 Å². The molecular formula is C21H20FN3O4S. The molecular weight excluding hydrogens is 409 g/mol. The molecule has 2 aromatic rings. The van der Waals surface area contributed by atoms with Gasteiger partial charge < -0.3 is 10.1 Å². The van der Waals surface area contributed by atoms with Gasteiger partial charge in [0.25, 0.3) is 0 Å². The van der Waals surface area contributed by atoms with Crippen LogP contribution in [-0.4, -0.2) is 46.8 Å². The molecule has 1 N–H and O–H groups in total. The number of rotatable bonds is 6. The number of nitrogens with zero attached hydrogens (tertiary/aromatic N) is 2. The molecule has 2 aromatic carbocycles. The van der Waals surface area contributed by atoms with Gasteiger partial charge in [-0.05, 0) is 49.4 Å². The van der Waals surface area contributed by atoms with E-state index in [1.165, 1.54) is 23.1 Å². The van der Waals surface area contributed by atoms with Crippen LogP contribution >= 0.6 is 11.8 Å². The number of carbonyl (C=O) groups is 3. The number of hydrogen-bond donors (Lipinski definition) is 1. The smallest absolute Gasteiger partial charge is 0.338 e. The molecule has 30 heavy (non-hydrogen) atoms. The van der Waals surface area contributed by atoms with Gasteiger partial charge in [0.1, 0.15) is 11.1 Å². The molecule has 2 amide bonds. The van der Waals surface area contributed by atoms with Crippen LogP contribution in [0.15, 0.2) is 53.5 Å². The minimum absolute atomic E-state index is 0.0460. The van der Waals surface area contributed by atoms with Gasteiger partial charge in [0.05, 0.1) is 17.9 Å². The SMILES string of the molecule is CCOC(=O)c1ccc(NC(=O)C[C@H]2SC(=Nc3cccc(F)c3)N(C)C2=O)cc1. The van der Waals surface area contributed by atoms with E-state index in [9.17, 15) is 18.8 Å². The Morgan fingerprint density at radius 3 is 2.63 bits per heavy atom. The van der Waals surface area contributed by atoms with Gasteiger partial charge in [-0.3, -0.25) is 14.5 Å². The first kappa shape index (κ1) is 21.5. The number of esters is 1. The van der Waals surface area contributed by atoms with Gasteiger partial charge in [-0.25, -0.2) is 14.2 Å². The topological polar surface area (TPSA) is 88.1 Å². The van der Waals surface area contributed by atoms with E-state index >= 15 is 0 Å². The van der Waals surface area contributed by atoms with E-state index in [1.807, 2.05) is 0 Å². The van der Waals surface area contributed by atoms with Crippen LogP contribution in [0.5, 0.6) is 0 Å². The number of halogens is 1. The first-order valence-electron chi connectivity index (χ1n) is 9.23. The second kappa shape index (κ2) is 9.53. The average molecular weight is 429 g/mol. The van der Waals surface area contributed by atoms with Crippen molar-refractivity contribution in [1.29, 1.82) is 0 Å². The van der Waals surface area contributed by atoms with E-state index in [1.54, 1.807) is 44.3 Å².